The highest BCUT2D eigenvalue weighted by molar-refractivity contribution is 5.76. The predicted octanol–water partition coefficient (Wildman–Crippen LogP) is 2.77. The van der Waals surface area contributed by atoms with E-state index in [-0.39, 0.29) is 17.9 Å². The Labute approximate surface area is 145 Å². The maximum atomic E-state index is 12.1. The van der Waals surface area contributed by atoms with Crippen molar-refractivity contribution in [2.45, 2.75) is 32.7 Å². The quantitative estimate of drug-likeness (QED) is 0.639. The fraction of sp³-hybridized carbons (Fsp3) is 0.278. The van der Waals surface area contributed by atoms with E-state index in [1.54, 1.807) is 0 Å². The van der Waals surface area contributed by atoms with Crippen LogP contribution < -0.4 is 11.1 Å². The first kappa shape index (κ1) is 16.8. The standard InChI is InChI=1S/C18H21N5O2/c1-11-3-5-13(6-4-11)15-9-7-14(25-15)8-10-16(24)20-12(2)17-21-18(19)23-22-17/h3-7,9,12H,8,10H2,1-2H3,(H,20,24)(H3,19,21,22,23)/t12-/m1/s1. The van der Waals surface area contributed by atoms with Gasteiger partial charge in [0.1, 0.15) is 17.3 Å². The van der Waals surface area contributed by atoms with Gasteiger partial charge in [0.2, 0.25) is 11.9 Å². The number of nitrogen functional groups attached to an aromatic ring is 1. The fourth-order valence-corrected chi connectivity index (χ4v) is 2.49. The molecule has 7 nitrogen and oxygen atoms in total. The first-order chi connectivity index (χ1) is 12.0. The van der Waals surface area contributed by atoms with Gasteiger partial charge in [-0.1, -0.05) is 29.8 Å². The zero-order chi connectivity index (χ0) is 17.8. The number of anilines is 1. The van der Waals surface area contributed by atoms with E-state index in [2.05, 4.69) is 20.5 Å². The number of nitrogens with one attached hydrogen (secondary N) is 2. The van der Waals surface area contributed by atoms with Crippen LogP contribution in [-0.4, -0.2) is 21.1 Å². The normalized spacial score (nSPS) is 12.1. The van der Waals surface area contributed by atoms with Crippen molar-refractivity contribution in [3.63, 3.8) is 0 Å². The average molecular weight is 339 g/mol. The third-order valence-corrected chi connectivity index (χ3v) is 3.90. The number of nitrogens with zero attached hydrogens (tertiary/aromatic N) is 2. The van der Waals surface area contributed by atoms with Gasteiger partial charge in [-0.2, -0.15) is 4.98 Å². The maximum absolute atomic E-state index is 12.1. The largest absolute Gasteiger partial charge is 0.461 e. The van der Waals surface area contributed by atoms with Crippen molar-refractivity contribution in [3.8, 4) is 11.3 Å². The number of aromatic amines is 1. The summed E-state index contributed by atoms with van der Waals surface area (Å²) in [4.78, 5) is 16.1. The lowest BCUT2D eigenvalue weighted by Gasteiger charge is -2.10. The van der Waals surface area contributed by atoms with Crippen molar-refractivity contribution in [3.05, 3.63) is 53.5 Å². The Morgan fingerprint density at radius 1 is 1.28 bits per heavy atom. The van der Waals surface area contributed by atoms with Crippen LogP contribution in [0.15, 0.2) is 40.8 Å². The maximum Gasteiger partial charge on any atom is 0.239 e. The number of rotatable bonds is 6. The van der Waals surface area contributed by atoms with Crippen molar-refractivity contribution in [1.82, 2.24) is 20.5 Å². The van der Waals surface area contributed by atoms with E-state index in [4.69, 9.17) is 10.2 Å². The Kier molecular flexibility index (Phi) is 4.83. The summed E-state index contributed by atoms with van der Waals surface area (Å²) in [5, 5.41) is 9.30. The Morgan fingerprint density at radius 3 is 2.72 bits per heavy atom. The summed E-state index contributed by atoms with van der Waals surface area (Å²) >= 11 is 0. The Hall–Kier alpha value is -3.09. The average Bonchev–Trinajstić information content (AvgIpc) is 3.23. The molecule has 130 valence electrons. The van der Waals surface area contributed by atoms with Gasteiger partial charge in [-0.3, -0.25) is 9.89 Å². The number of benzene rings is 1. The van der Waals surface area contributed by atoms with Crippen LogP contribution in [0.5, 0.6) is 0 Å². The number of carbonyl (C=O) groups excluding carboxylic acids is 1. The third kappa shape index (κ3) is 4.26. The molecule has 2 heterocycles. The molecule has 0 fully saturated rings. The van der Waals surface area contributed by atoms with Crippen LogP contribution >= 0.6 is 0 Å². The number of aryl methyl sites for hydroxylation is 2. The summed E-state index contributed by atoms with van der Waals surface area (Å²) in [7, 11) is 0. The van der Waals surface area contributed by atoms with E-state index in [1.807, 2.05) is 50.2 Å². The molecule has 0 radical (unpaired) electrons. The lowest BCUT2D eigenvalue weighted by Crippen LogP contribution is -2.27. The van der Waals surface area contributed by atoms with Crippen LogP contribution in [0.1, 0.15) is 36.5 Å². The zero-order valence-corrected chi connectivity index (χ0v) is 14.2. The fourth-order valence-electron chi connectivity index (χ4n) is 2.49. The van der Waals surface area contributed by atoms with Gasteiger partial charge in [0.25, 0.3) is 0 Å². The van der Waals surface area contributed by atoms with Gasteiger partial charge in [0, 0.05) is 18.4 Å². The minimum Gasteiger partial charge on any atom is -0.461 e. The van der Waals surface area contributed by atoms with Crippen molar-refractivity contribution in [1.29, 1.82) is 0 Å². The highest BCUT2D eigenvalue weighted by Crippen LogP contribution is 2.23. The zero-order valence-electron chi connectivity index (χ0n) is 14.2. The molecule has 0 aliphatic rings. The van der Waals surface area contributed by atoms with Crippen molar-refractivity contribution >= 4 is 11.9 Å². The highest BCUT2D eigenvalue weighted by Gasteiger charge is 2.14. The van der Waals surface area contributed by atoms with Gasteiger partial charge in [0.05, 0.1) is 6.04 Å². The first-order valence-electron chi connectivity index (χ1n) is 8.14. The molecule has 1 atom stereocenters. The Bertz CT molecular complexity index is 850. The molecular formula is C18H21N5O2. The molecule has 25 heavy (non-hydrogen) atoms. The third-order valence-electron chi connectivity index (χ3n) is 3.90. The molecule has 0 spiro atoms. The molecule has 4 N–H and O–H groups in total. The SMILES string of the molecule is Cc1ccc(-c2ccc(CCC(=O)N[C@H](C)c3nc(N)n[nH]3)o2)cc1. The van der Waals surface area contributed by atoms with Crippen LogP contribution in [0.25, 0.3) is 11.3 Å². The van der Waals surface area contributed by atoms with E-state index in [0.29, 0.717) is 18.7 Å². The second kappa shape index (κ2) is 7.21. The Morgan fingerprint density at radius 2 is 2.04 bits per heavy atom. The molecule has 0 aliphatic heterocycles. The van der Waals surface area contributed by atoms with Crippen LogP contribution in [0, 0.1) is 6.92 Å². The number of nitrogens with two attached hydrogens (primary N) is 1. The summed E-state index contributed by atoms with van der Waals surface area (Å²) in [6.07, 6.45) is 0.859. The summed E-state index contributed by atoms with van der Waals surface area (Å²) in [6.45, 7) is 3.87. The van der Waals surface area contributed by atoms with Gasteiger partial charge in [0.15, 0.2) is 0 Å². The summed E-state index contributed by atoms with van der Waals surface area (Å²) < 4.78 is 5.83. The number of amides is 1. The summed E-state index contributed by atoms with van der Waals surface area (Å²) in [5.41, 5.74) is 7.69. The predicted molar refractivity (Wildman–Crippen MR) is 94.6 cm³/mol. The second-order valence-electron chi connectivity index (χ2n) is 6.00. The molecule has 0 aliphatic carbocycles. The van der Waals surface area contributed by atoms with Gasteiger partial charge in [-0.15, -0.1) is 5.10 Å². The van der Waals surface area contributed by atoms with Gasteiger partial charge < -0.3 is 15.5 Å². The van der Waals surface area contributed by atoms with E-state index in [9.17, 15) is 4.79 Å². The van der Waals surface area contributed by atoms with E-state index in [0.717, 1.165) is 17.1 Å². The molecule has 0 unspecified atom stereocenters. The van der Waals surface area contributed by atoms with E-state index < -0.39 is 0 Å². The summed E-state index contributed by atoms with van der Waals surface area (Å²) in [6, 6.07) is 11.7. The van der Waals surface area contributed by atoms with Gasteiger partial charge in [-0.05, 0) is 26.0 Å². The lowest BCUT2D eigenvalue weighted by atomic mass is 10.1. The number of hydrogen-bond acceptors (Lipinski definition) is 5. The second-order valence-corrected chi connectivity index (χ2v) is 6.00. The molecule has 3 rings (SSSR count). The number of aromatic nitrogens is 3. The number of carbonyl (C=O) groups is 1. The number of H-pyrrole nitrogens is 1. The topological polar surface area (TPSA) is 110 Å². The highest BCUT2D eigenvalue weighted by atomic mass is 16.3. The molecule has 0 bridgehead atoms. The molecule has 2 aromatic heterocycles. The van der Waals surface area contributed by atoms with Crippen molar-refractivity contribution in [2.75, 3.05) is 5.73 Å². The van der Waals surface area contributed by atoms with Crippen LogP contribution in [-0.2, 0) is 11.2 Å². The molecular weight excluding hydrogens is 318 g/mol. The molecule has 1 aromatic carbocycles. The van der Waals surface area contributed by atoms with Crippen LogP contribution in [0.4, 0.5) is 5.95 Å². The summed E-state index contributed by atoms with van der Waals surface area (Å²) in [5.74, 6) is 2.19. The molecule has 3 aromatic rings. The minimum absolute atomic E-state index is 0.0873. The number of hydrogen-bond donors (Lipinski definition) is 3. The van der Waals surface area contributed by atoms with Crippen LogP contribution in [0.2, 0.25) is 0 Å². The monoisotopic (exact) mass is 339 g/mol. The van der Waals surface area contributed by atoms with Crippen molar-refractivity contribution < 1.29 is 9.21 Å². The molecule has 7 heteroatoms. The number of furan rings is 1. The first-order valence-corrected chi connectivity index (χ1v) is 8.14. The smallest absolute Gasteiger partial charge is 0.239 e. The molecule has 1 amide bonds. The van der Waals surface area contributed by atoms with E-state index >= 15 is 0 Å². The molecule has 0 saturated heterocycles. The van der Waals surface area contributed by atoms with Gasteiger partial charge >= 0.3 is 0 Å². The Balaban J connectivity index is 1.53. The lowest BCUT2D eigenvalue weighted by molar-refractivity contribution is -0.121. The molecule has 0 saturated carbocycles. The minimum atomic E-state index is -0.281. The van der Waals surface area contributed by atoms with Crippen molar-refractivity contribution in [2.24, 2.45) is 0 Å². The van der Waals surface area contributed by atoms with E-state index in [1.165, 1.54) is 5.56 Å². The van der Waals surface area contributed by atoms with Crippen LogP contribution in [0.3, 0.4) is 0 Å². The van der Waals surface area contributed by atoms with Gasteiger partial charge in [-0.25, -0.2) is 0 Å².